The second-order valence-corrected chi connectivity index (χ2v) is 14.6. The molecule has 1 fully saturated rings. The van der Waals surface area contributed by atoms with Gasteiger partial charge in [0, 0.05) is 5.57 Å². The van der Waals surface area contributed by atoms with Crippen molar-refractivity contribution in [2.45, 2.75) is 131 Å². The third-order valence-electron chi connectivity index (χ3n) is 8.47. The van der Waals surface area contributed by atoms with Gasteiger partial charge in [0.2, 0.25) is 0 Å². The minimum atomic E-state index is -1.46. The fraction of sp³-hybridized carbons (Fsp3) is 0.457. The van der Waals surface area contributed by atoms with Crippen LogP contribution >= 0.6 is 0 Å². The molecule has 7 heteroatoms. The Labute approximate surface area is 319 Å². The molecule has 5 atom stereocenters. The smallest absolute Gasteiger partial charge is 0.187 e. The molecule has 0 unspecified atom stereocenters. The van der Waals surface area contributed by atoms with Gasteiger partial charge in [-0.05, 0) is 94.4 Å². The lowest BCUT2D eigenvalue weighted by molar-refractivity contribution is -0.323. The van der Waals surface area contributed by atoms with Crippen LogP contribution in [0.2, 0.25) is 0 Å². The zero-order valence-corrected chi connectivity index (χ0v) is 33.5. The van der Waals surface area contributed by atoms with Crippen LogP contribution < -0.4 is 0 Å². The van der Waals surface area contributed by atoms with E-state index in [1.165, 1.54) is 22.3 Å². The highest BCUT2D eigenvalue weighted by Gasteiger charge is 2.45. The molecule has 7 nitrogen and oxygen atoms in total. The zero-order chi connectivity index (χ0) is 39.8. The first kappa shape index (κ1) is 47.3. The summed E-state index contributed by atoms with van der Waals surface area (Å²) in [5.74, 6) is 0. The van der Waals surface area contributed by atoms with Crippen molar-refractivity contribution in [3.8, 4) is 0 Å². The molecule has 1 aliphatic rings. The van der Waals surface area contributed by atoms with Crippen LogP contribution in [0.25, 0.3) is 0 Å². The van der Waals surface area contributed by atoms with E-state index in [0.717, 1.165) is 43.1 Å². The van der Waals surface area contributed by atoms with Gasteiger partial charge in [-0.3, -0.25) is 4.79 Å². The molecule has 0 saturated carbocycles. The van der Waals surface area contributed by atoms with Gasteiger partial charge < -0.3 is 29.9 Å². The van der Waals surface area contributed by atoms with Gasteiger partial charge >= 0.3 is 0 Å². The number of ether oxygens (including phenoxy) is 2. The fourth-order valence-corrected chi connectivity index (χ4v) is 5.15. The van der Waals surface area contributed by atoms with Crippen molar-refractivity contribution in [1.29, 1.82) is 0 Å². The number of rotatable bonds is 21. The number of carbonyl (C=O) groups excluding carboxylic acids is 1. The summed E-state index contributed by atoms with van der Waals surface area (Å²) >= 11 is 0. The van der Waals surface area contributed by atoms with Crippen LogP contribution in [-0.2, 0) is 14.3 Å². The van der Waals surface area contributed by atoms with E-state index in [9.17, 15) is 25.2 Å². The Bertz CT molecular complexity index is 1500. The Morgan fingerprint density at radius 3 is 1.72 bits per heavy atom. The molecule has 0 amide bonds. The number of hydrogen-bond donors (Lipinski definition) is 4. The van der Waals surface area contributed by atoms with Crippen LogP contribution in [-0.4, -0.2) is 69.6 Å². The Kier molecular flexibility index (Phi) is 23.3. The number of hydrogen-bond acceptors (Lipinski definition) is 7. The van der Waals surface area contributed by atoms with E-state index in [1.54, 1.807) is 12.2 Å². The van der Waals surface area contributed by atoms with Crippen LogP contribution in [0.1, 0.15) is 94.4 Å². The molecule has 292 valence electrons. The highest BCUT2D eigenvalue weighted by Crippen LogP contribution is 2.28. The van der Waals surface area contributed by atoms with Gasteiger partial charge in [0.1, 0.15) is 30.7 Å². The average molecular weight is 731 g/mol. The summed E-state index contributed by atoms with van der Waals surface area (Å²) in [7, 11) is 0. The third kappa shape index (κ3) is 21.6. The fourth-order valence-electron chi connectivity index (χ4n) is 5.15. The first-order valence-corrected chi connectivity index (χ1v) is 18.6. The van der Waals surface area contributed by atoms with Gasteiger partial charge in [-0.2, -0.15) is 0 Å². The molecule has 0 aromatic rings. The molecule has 1 rings (SSSR count). The zero-order valence-electron chi connectivity index (χ0n) is 33.5. The molecule has 4 N–H and O–H groups in total. The summed E-state index contributed by atoms with van der Waals surface area (Å²) in [5.41, 5.74) is 7.13. The summed E-state index contributed by atoms with van der Waals surface area (Å²) in [4.78, 5) is 11.6. The molecular formula is C46H66O7. The normalized spacial score (nSPS) is 23.5. The third-order valence-corrected chi connectivity index (χ3v) is 8.47. The summed E-state index contributed by atoms with van der Waals surface area (Å²) in [6, 6.07) is 0. The van der Waals surface area contributed by atoms with Crippen molar-refractivity contribution in [2.24, 2.45) is 0 Å². The monoisotopic (exact) mass is 730 g/mol. The highest BCUT2D eigenvalue weighted by molar-refractivity contribution is 5.78. The second-order valence-electron chi connectivity index (χ2n) is 14.6. The molecule has 0 aromatic heterocycles. The quantitative estimate of drug-likeness (QED) is 0.0403. The lowest BCUT2D eigenvalue weighted by Gasteiger charge is -2.42. The van der Waals surface area contributed by atoms with Gasteiger partial charge in [0.25, 0.3) is 0 Å². The van der Waals surface area contributed by atoms with Crippen LogP contribution in [0, 0.1) is 0 Å². The molecule has 1 saturated heterocycles. The summed E-state index contributed by atoms with van der Waals surface area (Å²) in [6.07, 6.45) is 32.9. The van der Waals surface area contributed by atoms with Crippen molar-refractivity contribution in [1.82, 2.24) is 0 Å². The van der Waals surface area contributed by atoms with Gasteiger partial charge in [0.05, 0.1) is 12.2 Å². The van der Waals surface area contributed by atoms with E-state index in [2.05, 4.69) is 77.2 Å². The minimum Gasteiger partial charge on any atom is -0.394 e. The summed E-state index contributed by atoms with van der Waals surface area (Å²) in [6.45, 7) is 17.9. The van der Waals surface area contributed by atoms with Crippen molar-refractivity contribution >= 4 is 6.29 Å². The Hall–Kier alpha value is -3.69. The first-order valence-electron chi connectivity index (χ1n) is 18.6. The van der Waals surface area contributed by atoms with Crippen LogP contribution in [0.3, 0.4) is 0 Å². The van der Waals surface area contributed by atoms with Crippen molar-refractivity contribution in [3.63, 3.8) is 0 Å². The van der Waals surface area contributed by atoms with Crippen LogP contribution in [0.4, 0.5) is 0 Å². The number of aliphatic hydroxyl groups is 4. The largest absolute Gasteiger partial charge is 0.394 e. The number of allylic oxidation sites excluding steroid dienone is 24. The van der Waals surface area contributed by atoms with E-state index in [-0.39, 0.29) is 0 Å². The molecule has 0 aromatic carbocycles. The Balaban J connectivity index is 2.57. The Morgan fingerprint density at radius 2 is 1.17 bits per heavy atom. The maximum Gasteiger partial charge on any atom is 0.187 e. The maximum absolute atomic E-state index is 11.6. The van der Waals surface area contributed by atoms with Crippen molar-refractivity contribution < 1.29 is 34.7 Å². The molecular weight excluding hydrogens is 664 g/mol. The second kappa shape index (κ2) is 26.1. The van der Waals surface area contributed by atoms with Crippen LogP contribution in [0.15, 0.2) is 142 Å². The van der Waals surface area contributed by atoms with Gasteiger partial charge in [0.15, 0.2) is 6.29 Å². The van der Waals surface area contributed by atoms with E-state index in [4.69, 9.17) is 9.47 Å². The SMILES string of the molecule is CC(C)=CCCC(C)=CC=CC(C)=CC=CC(C)=CC=CC=C(C=O)C=CC=C(C)C=CC=C(C)CCCC(C)(C)O[C@@H]1O[C@H](CO)[C@@H](O)[C@H](O)[C@H]1O. The molecule has 1 aliphatic heterocycles. The lowest BCUT2D eigenvalue weighted by atomic mass is 9.96. The molecule has 53 heavy (non-hydrogen) atoms. The van der Waals surface area contributed by atoms with Crippen molar-refractivity contribution in [3.05, 3.63) is 142 Å². The van der Waals surface area contributed by atoms with E-state index in [1.807, 2.05) is 76.3 Å². The van der Waals surface area contributed by atoms with Gasteiger partial charge in [-0.15, -0.1) is 0 Å². The summed E-state index contributed by atoms with van der Waals surface area (Å²) < 4.78 is 11.4. The number of aldehydes is 1. The molecule has 0 radical (unpaired) electrons. The van der Waals surface area contributed by atoms with Gasteiger partial charge in [-0.1, -0.05) is 137 Å². The average Bonchev–Trinajstić information content (AvgIpc) is 3.09. The molecule has 0 bridgehead atoms. The predicted octanol–water partition coefficient (Wildman–Crippen LogP) is 9.14. The van der Waals surface area contributed by atoms with E-state index in [0.29, 0.717) is 12.0 Å². The standard InChI is InChI=1S/C46H66O7/c1-34(2)18-12-20-36(4)22-14-24-37(5)23-13-21-35(3)19-10-11-29-40(32-47)30-16-27-38(6)25-15-26-39(7)28-17-31-46(8,9)53-45-44(51)43(50)42(49)41(33-48)52-45/h10-11,13-16,18-19,21-27,29-30,32,41-45,48-51H,12,17,20,28,31,33H2,1-9H3/t41-,42-,43+,44-,45+/m1/s1. The molecule has 0 spiro atoms. The topological polar surface area (TPSA) is 116 Å². The highest BCUT2D eigenvalue weighted by atomic mass is 16.7. The molecule has 1 heterocycles. The molecule has 0 aliphatic carbocycles. The summed E-state index contributed by atoms with van der Waals surface area (Å²) in [5, 5.41) is 39.7. The number of aliphatic hydroxyl groups excluding tert-OH is 4. The van der Waals surface area contributed by atoms with Crippen molar-refractivity contribution in [2.75, 3.05) is 6.61 Å². The number of carbonyl (C=O) groups is 1. The lowest BCUT2D eigenvalue weighted by Crippen LogP contribution is -2.60. The van der Waals surface area contributed by atoms with E-state index >= 15 is 0 Å². The van der Waals surface area contributed by atoms with E-state index < -0.39 is 42.9 Å². The van der Waals surface area contributed by atoms with Gasteiger partial charge in [-0.25, -0.2) is 0 Å². The predicted molar refractivity (Wildman–Crippen MR) is 220 cm³/mol. The van der Waals surface area contributed by atoms with Crippen LogP contribution in [0.5, 0.6) is 0 Å². The Morgan fingerprint density at radius 1 is 0.660 bits per heavy atom. The first-order chi connectivity index (χ1) is 25.1. The maximum atomic E-state index is 11.6. The minimum absolute atomic E-state index is 0.493.